The molecule has 2 aromatic carbocycles. The largest absolute Gasteiger partial charge is 0.478 e. The van der Waals surface area contributed by atoms with Crippen LogP contribution in [-0.4, -0.2) is 22.2 Å². The zero-order chi connectivity index (χ0) is 16.6. The fourth-order valence-electron chi connectivity index (χ4n) is 2.45. The Morgan fingerprint density at radius 1 is 0.955 bits per heavy atom. The van der Waals surface area contributed by atoms with Gasteiger partial charge in [0.15, 0.2) is 0 Å². The summed E-state index contributed by atoms with van der Waals surface area (Å²) in [4.78, 5) is 23.2. The number of aryl methyl sites for hydroxylation is 2. The average Bonchev–Trinajstić information content (AvgIpc) is 2.42. The first kappa shape index (κ1) is 16.7. The molecule has 0 radical (unpaired) electrons. The Balaban J connectivity index is 2.99. The number of halogens is 2. The lowest BCUT2D eigenvalue weighted by atomic mass is 9.88. The van der Waals surface area contributed by atoms with Gasteiger partial charge < -0.3 is 10.2 Å². The van der Waals surface area contributed by atoms with E-state index in [1.807, 2.05) is 0 Å². The van der Waals surface area contributed by atoms with Crippen LogP contribution in [0.4, 0.5) is 0 Å². The van der Waals surface area contributed by atoms with E-state index in [1.165, 1.54) is 6.07 Å². The second kappa shape index (κ2) is 6.22. The second-order valence-electron chi connectivity index (χ2n) is 4.85. The summed E-state index contributed by atoms with van der Waals surface area (Å²) in [7, 11) is 0. The summed E-state index contributed by atoms with van der Waals surface area (Å²) >= 11 is 6.59. The van der Waals surface area contributed by atoms with Crippen LogP contribution in [0.5, 0.6) is 0 Å². The number of carboxylic acid groups (broad SMARTS) is 2. The fraction of sp³-hybridized carbons (Fsp3) is 0.125. The van der Waals surface area contributed by atoms with E-state index in [2.05, 4.69) is 31.9 Å². The Kier molecular flexibility index (Phi) is 4.72. The van der Waals surface area contributed by atoms with Crippen molar-refractivity contribution in [2.75, 3.05) is 0 Å². The lowest BCUT2D eigenvalue weighted by Crippen LogP contribution is -2.08. The molecule has 0 aliphatic rings. The van der Waals surface area contributed by atoms with Crippen molar-refractivity contribution in [1.82, 2.24) is 0 Å². The number of hydrogen-bond acceptors (Lipinski definition) is 2. The third-order valence-electron chi connectivity index (χ3n) is 3.38. The van der Waals surface area contributed by atoms with Crippen LogP contribution in [0.1, 0.15) is 31.8 Å². The third kappa shape index (κ3) is 2.80. The SMILES string of the molecule is Cc1cccc(C(=O)O)c1-c1c(C)cc(Br)c(Br)c1C(=O)O. The summed E-state index contributed by atoms with van der Waals surface area (Å²) < 4.78 is 0.997. The van der Waals surface area contributed by atoms with Crippen molar-refractivity contribution in [3.8, 4) is 11.1 Å². The van der Waals surface area contributed by atoms with Crippen LogP contribution in [0, 0.1) is 13.8 Å². The van der Waals surface area contributed by atoms with Gasteiger partial charge in [0.2, 0.25) is 0 Å². The molecule has 2 N–H and O–H groups in total. The molecule has 0 fully saturated rings. The van der Waals surface area contributed by atoms with Gasteiger partial charge in [-0.2, -0.15) is 0 Å². The van der Waals surface area contributed by atoms with E-state index in [0.717, 1.165) is 0 Å². The smallest absolute Gasteiger partial charge is 0.337 e. The van der Waals surface area contributed by atoms with Crippen molar-refractivity contribution in [3.63, 3.8) is 0 Å². The zero-order valence-electron chi connectivity index (χ0n) is 11.8. The summed E-state index contributed by atoms with van der Waals surface area (Å²) in [5.41, 5.74) is 2.36. The summed E-state index contributed by atoms with van der Waals surface area (Å²) in [5.74, 6) is -2.21. The number of rotatable bonds is 3. The topological polar surface area (TPSA) is 74.6 Å². The fourth-order valence-corrected chi connectivity index (χ4v) is 3.48. The summed E-state index contributed by atoms with van der Waals surface area (Å²) in [6, 6.07) is 6.66. The highest BCUT2D eigenvalue weighted by molar-refractivity contribution is 9.13. The number of hydrogen-bond donors (Lipinski definition) is 2. The van der Waals surface area contributed by atoms with Gasteiger partial charge in [0.05, 0.1) is 11.1 Å². The molecule has 6 heteroatoms. The summed E-state index contributed by atoms with van der Waals surface area (Å²) in [5, 5.41) is 19.0. The van der Waals surface area contributed by atoms with E-state index < -0.39 is 11.9 Å². The molecule has 0 saturated carbocycles. The van der Waals surface area contributed by atoms with E-state index >= 15 is 0 Å². The van der Waals surface area contributed by atoms with Crippen LogP contribution < -0.4 is 0 Å². The second-order valence-corrected chi connectivity index (χ2v) is 6.49. The molecule has 0 aliphatic carbocycles. The Morgan fingerprint density at radius 3 is 2.14 bits per heavy atom. The van der Waals surface area contributed by atoms with E-state index in [-0.39, 0.29) is 11.1 Å². The molecule has 0 bridgehead atoms. The average molecular weight is 428 g/mol. The van der Waals surface area contributed by atoms with Crippen LogP contribution in [0.15, 0.2) is 33.2 Å². The monoisotopic (exact) mass is 426 g/mol. The summed E-state index contributed by atoms with van der Waals surface area (Å²) in [6.45, 7) is 3.53. The molecule has 0 aliphatic heterocycles. The highest BCUT2D eigenvalue weighted by Gasteiger charge is 2.24. The van der Waals surface area contributed by atoms with Gasteiger partial charge in [-0.3, -0.25) is 0 Å². The highest BCUT2D eigenvalue weighted by atomic mass is 79.9. The van der Waals surface area contributed by atoms with Gasteiger partial charge in [-0.1, -0.05) is 12.1 Å². The molecule has 0 amide bonds. The lowest BCUT2D eigenvalue weighted by Gasteiger charge is -2.17. The minimum Gasteiger partial charge on any atom is -0.478 e. The molecule has 0 heterocycles. The maximum atomic E-state index is 11.7. The number of aromatic carboxylic acids is 2. The van der Waals surface area contributed by atoms with Crippen LogP contribution in [-0.2, 0) is 0 Å². The normalized spacial score (nSPS) is 10.5. The number of carboxylic acids is 2. The van der Waals surface area contributed by atoms with Gasteiger partial charge in [-0.25, -0.2) is 9.59 Å². The van der Waals surface area contributed by atoms with Gasteiger partial charge in [-0.15, -0.1) is 0 Å². The number of benzene rings is 2. The van der Waals surface area contributed by atoms with Crippen LogP contribution in [0.3, 0.4) is 0 Å². The first-order valence-electron chi connectivity index (χ1n) is 6.30. The van der Waals surface area contributed by atoms with Gasteiger partial charge in [0.1, 0.15) is 0 Å². The number of carbonyl (C=O) groups is 2. The molecular formula is C16H12Br2O4. The molecular weight excluding hydrogens is 416 g/mol. The zero-order valence-corrected chi connectivity index (χ0v) is 14.9. The molecule has 0 atom stereocenters. The maximum absolute atomic E-state index is 11.7. The maximum Gasteiger partial charge on any atom is 0.337 e. The Labute approximate surface area is 144 Å². The van der Waals surface area contributed by atoms with Crippen molar-refractivity contribution in [2.45, 2.75) is 13.8 Å². The van der Waals surface area contributed by atoms with Crippen LogP contribution in [0.25, 0.3) is 11.1 Å². The van der Waals surface area contributed by atoms with Crippen molar-refractivity contribution in [3.05, 3.63) is 55.5 Å². The van der Waals surface area contributed by atoms with Gasteiger partial charge >= 0.3 is 11.9 Å². The first-order chi connectivity index (χ1) is 10.3. The predicted octanol–water partition coefficient (Wildman–Crippen LogP) is 4.89. The lowest BCUT2D eigenvalue weighted by molar-refractivity contribution is 0.0683. The van der Waals surface area contributed by atoms with E-state index in [1.54, 1.807) is 32.0 Å². The van der Waals surface area contributed by atoms with E-state index in [9.17, 15) is 19.8 Å². The summed E-state index contributed by atoms with van der Waals surface area (Å²) in [6.07, 6.45) is 0. The van der Waals surface area contributed by atoms with Gasteiger partial charge in [0.25, 0.3) is 0 Å². The van der Waals surface area contributed by atoms with Crippen molar-refractivity contribution in [2.24, 2.45) is 0 Å². The molecule has 0 saturated heterocycles. The third-order valence-corrected chi connectivity index (χ3v) is 5.36. The van der Waals surface area contributed by atoms with E-state index in [4.69, 9.17) is 0 Å². The van der Waals surface area contributed by atoms with Gasteiger partial charge in [-0.05, 0) is 69.0 Å². The molecule has 4 nitrogen and oxygen atoms in total. The first-order valence-corrected chi connectivity index (χ1v) is 7.89. The minimum atomic E-state index is -1.12. The highest BCUT2D eigenvalue weighted by Crippen LogP contribution is 2.40. The molecule has 114 valence electrons. The molecule has 0 spiro atoms. The Morgan fingerprint density at radius 2 is 1.59 bits per heavy atom. The van der Waals surface area contributed by atoms with Crippen molar-refractivity contribution in [1.29, 1.82) is 0 Å². The predicted molar refractivity (Wildman–Crippen MR) is 90.7 cm³/mol. The Bertz CT molecular complexity index is 797. The Hall–Kier alpha value is -1.66. The van der Waals surface area contributed by atoms with Crippen LogP contribution >= 0.6 is 31.9 Å². The minimum absolute atomic E-state index is 0.0451. The van der Waals surface area contributed by atoms with Gasteiger partial charge in [0, 0.05) is 20.1 Å². The van der Waals surface area contributed by atoms with Crippen molar-refractivity contribution < 1.29 is 19.8 Å². The molecule has 2 rings (SSSR count). The quantitative estimate of drug-likeness (QED) is 0.730. The molecule has 0 unspecified atom stereocenters. The molecule has 22 heavy (non-hydrogen) atoms. The standard InChI is InChI=1S/C16H12Br2O4/c1-7-4-3-5-9(15(19)20)11(7)12-8(2)6-10(17)14(18)13(12)16(21)22/h3-6H,1-2H3,(H,19,20)(H,21,22). The molecule has 2 aromatic rings. The van der Waals surface area contributed by atoms with Crippen molar-refractivity contribution >= 4 is 43.8 Å². The molecule has 0 aromatic heterocycles. The van der Waals surface area contributed by atoms with E-state index in [0.29, 0.717) is 31.2 Å². The van der Waals surface area contributed by atoms with Crippen LogP contribution in [0.2, 0.25) is 0 Å².